The fraction of sp³-hybridized carbons (Fsp3) is 0.333. The molecule has 7 nitrogen and oxygen atoms in total. The number of nitrogens with one attached hydrogen (secondary N) is 1. The highest BCUT2D eigenvalue weighted by molar-refractivity contribution is 5.77. The average molecular weight is 418 g/mol. The van der Waals surface area contributed by atoms with Crippen molar-refractivity contribution in [3.63, 3.8) is 0 Å². The molecule has 0 bridgehead atoms. The SMILES string of the molecule is COc1ccccc1CCC(=O)N1CCC[C@H]1c1cncc(Nc2cccc(C)n2)n1. The van der Waals surface area contributed by atoms with Crippen molar-refractivity contribution in [3.8, 4) is 5.75 Å². The second-order valence-electron chi connectivity index (χ2n) is 7.68. The van der Waals surface area contributed by atoms with Crippen LogP contribution < -0.4 is 10.1 Å². The zero-order valence-corrected chi connectivity index (χ0v) is 17.9. The Labute approximate surface area is 182 Å². The normalized spacial score (nSPS) is 15.7. The minimum absolute atomic E-state index is 0.0510. The molecule has 1 aliphatic heterocycles. The summed E-state index contributed by atoms with van der Waals surface area (Å²) >= 11 is 0. The summed E-state index contributed by atoms with van der Waals surface area (Å²) in [7, 11) is 1.66. The highest BCUT2D eigenvalue weighted by Crippen LogP contribution is 2.32. The summed E-state index contributed by atoms with van der Waals surface area (Å²) in [5, 5.41) is 3.21. The quantitative estimate of drug-likeness (QED) is 0.620. The number of methoxy groups -OCH3 is 1. The van der Waals surface area contributed by atoms with Gasteiger partial charge in [-0.05, 0) is 49.9 Å². The number of likely N-dealkylation sites (tertiary alicyclic amines) is 1. The van der Waals surface area contributed by atoms with Gasteiger partial charge in [-0.2, -0.15) is 0 Å². The fourth-order valence-corrected chi connectivity index (χ4v) is 4.01. The number of pyridine rings is 1. The Hall–Kier alpha value is -3.48. The molecule has 1 N–H and O–H groups in total. The van der Waals surface area contributed by atoms with Gasteiger partial charge in [-0.25, -0.2) is 9.97 Å². The van der Waals surface area contributed by atoms with Gasteiger partial charge in [-0.3, -0.25) is 9.78 Å². The molecular weight excluding hydrogens is 390 g/mol. The molecule has 160 valence electrons. The van der Waals surface area contributed by atoms with E-state index in [1.165, 1.54) is 0 Å². The number of benzene rings is 1. The Kier molecular flexibility index (Phi) is 6.40. The Morgan fingerprint density at radius 3 is 2.84 bits per heavy atom. The van der Waals surface area contributed by atoms with Gasteiger partial charge in [0.25, 0.3) is 0 Å². The molecule has 4 rings (SSSR count). The minimum Gasteiger partial charge on any atom is -0.496 e. The molecule has 1 atom stereocenters. The third-order valence-corrected chi connectivity index (χ3v) is 5.51. The second kappa shape index (κ2) is 9.55. The lowest BCUT2D eigenvalue weighted by Crippen LogP contribution is -2.31. The van der Waals surface area contributed by atoms with Gasteiger partial charge in [-0.1, -0.05) is 24.3 Å². The lowest BCUT2D eigenvalue weighted by atomic mass is 10.1. The number of aryl methyl sites for hydroxylation is 2. The molecule has 0 spiro atoms. The highest BCUT2D eigenvalue weighted by Gasteiger charge is 2.31. The monoisotopic (exact) mass is 417 g/mol. The van der Waals surface area contributed by atoms with Gasteiger partial charge in [0.1, 0.15) is 17.4 Å². The van der Waals surface area contributed by atoms with Crippen LogP contribution >= 0.6 is 0 Å². The maximum absolute atomic E-state index is 13.0. The van der Waals surface area contributed by atoms with Gasteiger partial charge in [0.2, 0.25) is 5.91 Å². The molecule has 3 heterocycles. The summed E-state index contributed by atoms with van der Waals surface area (Å²) in [6, 6.07) is 13.6. The van der Waals surface area contributed by atoms with E-state index < -0.39 is 0 Å². The molecule has 3 aromatic rings. The Morgan fingerprint density at radius 1 is 1.13 bits per heavy atom. The Bertz CT molecular complexity index is 1060. The Balaban J connectivity index is 1.44. The predicted molar refractivity (Wildman–Crippen MR) is 119 cm³/mol. The number of rotatable bonds is 7. The molecule has 1 aliphatic rings. The largest absolute Gasteiger partial charge is 0.496 e. The van der Waals surface area contributed by atoms with Crippen LogP contribution in [0.25, 0.3) is 0 Å². The van der Waals surface area contributed by atoms with E-state index in [1.807, 2.05) is 54.3 Å². The number of anilines is 2. The third kappa shape index (κ3) is 4.99. The van der Waals surface area contributed by atoms with Gasteiger partial charge in [0.15, 0.2) is 0 Å². The number of para-hydroxylation sites is 1. The Morgan fingerprint density at radius 2 is 2.00 bits per heavy atom. The van der Waals surface area contributed by atoms with Crippen molar-refractivity contribution in [3.05, 3.63) is 71.8 Å². The van der Waals surface area contributed by atoms with Gasteiger partial charge in [0.05, 0.1) is 31.2 Å². The smallest absolute Gasteiger partial charge is 0.223 e. The summed E-state index contributed by atoms with van der Waals surface area (Å²) in [6.07, 6.45) is 6.38. The second-order valence-corrected chi connectivity index (χ2v) is 7.68. The van der Waals surface area contributed by atoms with Crippen LogP contribution in [0.4, 0.5) is 11.6 Å². The molecule has 1 aromatic carbocycles. The van der Waals surface area contributed by atoms with Crippen LogP contribution in [0.5, 0.6) is 5.75 Å². The van der Waals surface area contributed by atoms with Crippen LogP contribution in [-0.4, -0.2) is 39.4 Å². The van der Waals surface area contributed by atoms with E-state index in [-0.39, 0.29) is 11.9 Å². The topological polar surface area (TPSA) is 80.2 Å². The van der Waals surface area contributed by atoms with Gasteiger partial charge in [-0.15, -0.1) is 0 Å². The van der Waals surface area contributed by atoms with E-state index in [9.17, 15) is 4.79 Å². The molecule has 0 radical (unpaired) electrons. The molecule has 1 saturated heterocycles. The number of ether oxygens (including phenoxy) is 1. The molecule has 0 saturated carbocycles. The van der Waals surface area contributed by atoms with Crippen LogP contribution in [0.3, 0.4) is 0 Å². The number of carbonyl (C=O) groups is 1. The van der Waals surface area contributed by atoms with E-state index in [0.29, 0.717) is 18.7 Å². The first-order valence-electron chi connectivity index (χ1n) is 10.6. The predicted octanol–water partition coefficient (Wildman–Crippen LogP) is 4.23. The number of hydrogen-bond acceptors (Lipinski definition) is 6. The number of carbonyl (C=O) groups excluding carboxylic acids is 1. The number of aromatic nitrogens is 3. The van der Waals surface area contributed by atoms with Crippen LogP contribution in [-0.2, 0) is 11.2 Å². The molecule has 0 aliphatic carbocycles. The lowest BCUT2D eigenvalue weighted by Gasteiger charge is -2.24. The highest BCUT2D eigenvalue weighted by atomic mass is 16.5. The van der Waals surface area contributed by atoms with Crippen molar-refractivity contribution >= 4 is 17.5 Å². The summed E-state index contributed by atoms with van der Waals surface area (Å²) in [5.74, 6) is 2.31. The zero-order chi connectivity index (χ0) is 21.6. The van der Waals surface area contributed by atoms with Crippen molar-refractivity contribution in [2.45, 2.75) is 38.6 Å². The van der Waals surface area contributed by atoms with Gasteiger partial charge < -0.3 is 15.0 Å². The van der Waals surface area contributed by atoms with Crippen molar-refractivity contribution in [1.29, 1.82) is 0 Å². The first kappa shape index (κ1) is 20.8. The molecule has 31 heavy (non-hydrogen) atoms. The van der Waals surface area contributed by atoms with Crippen molar-refractivity contribution < 1.29 is 9.53 Å². The maximum atomic E-state index is 13.0. The molecular formula is C24H27N5O2. The maximum Gasteiger partial charge on any atom is 0.223 e. The molecule has 1 fully saturated rings. The zero-order valence-electron chi connectivity index (χ0n) is 17.9. The summed E-state index contributed by atoms with van der Waals surface area (Å²) in [5.41, 5.74) is 2.78. The van der Waals surface area contributed by atoms with Crippen LogP contribution in [0.1, 0.15) is 42.3 Å². The van der Waals surface area contributed by atoms with E-state index in [2.05, 4.69) is 15.3 Å². The summed E-state index contributed by atoms with van der Waals surface area (Å²) in [4.78, 5) is 28.5. The summed E-state index contributed by atoms with van der Waals surface area (Å²) < 4.78 is 5.41. The van der Waals surface area contributed by atoms with Crippen LogP contribution in [0.2, 0.25) is 0 Å². The number of amides is 1. The molecule has 2 aromatic heterocycles. The first-order valence-corrected chi connectivity index (χ1v) is 10.6. The fourth-order valence-electron chi connectivity index (χ4n) is 4.01. The minimum atomic E-state index is -0.0510. The molecule has 0 unspecified atom stereocenters. The van der Waals surface area contributed by atoms with E-state index >= 15 is 0 Å². The van der Waals surface area contributed by atoms with Gasteiger partial charge in [0, 0.05) is 18.7 Å². The molecule has 1 amide bonds. The van der Waals surface area contributed by atoms with E-state index in [1.54, 1.807) is 19.5 Å². The summed E-state index contributed by atoms with van der Waals surface area (Å²) in [6.45, 7) is 2.69. The van der Waals surface area contributed by atoms with Crippen molar-refractivity contribution in [2.75, 3.05) is 19.0 Å². The standard InChI is InChI=1S/C24H27N5O2/c1-17-7-5-11-22(26-17)28-23-16-25-15-19(27-23)20-9-6-14-29(20)24(30)13-12-18-8-3-4-10-21(18)31-2/h3-5,7-8,10-11,15-16,20H,6,9,12-14H2,1-2H3,(H,26,27,28)/t20-/m0/s1. The molecule has 7 heteroatoms. The number of nitrogens with zero attached hydrogens (tertiary/aromatic N) is 4. The first-order chi connectivity index (χ1) is 15.1. The van der Waals surface area contributed by atoms with Crippen LogP contribution in [0.15, 0.2) is 54.9 Å². The van der Waals surface area contributed by atoms with E-state index in [0.717, 1.165) is 47.9 Å². The van der Waals surface area contributed by atoms with Crippen LogP contribution in [0, 0.1) is 6.92 Å². The van der Waals surface area contributed by atoms with Gasteiger partial charge >= 0.3 is 0 Å². The van der Waals surface area contributed by atoms with Crippen molar-refractivity contribution in [2.24, 2.45) is 0 Å². The number of hydrogen-bond donors (Lipinski definition) is 1. The lowest BCUT2D eigenvalue weighted by molar-refractivity contribution is -0.132. The third-order valence-electron chi connectivity index (χ3n) is 5.51. The van der Waals surface area contributed by atoms with E-state index in [4.69, 9.17) is 9.72 Å². The average Bonchev–Trinajstić information content (AvgIpc) is 3.28. The van der Waals surface area contributed by atoms with Crippen molar-refractivity contribution in [1.82, 2.24) is 19.9 Å².